The third kappa shape index (κ3) is 9.71. The van der Waals surface area contributed by atoms with Crippen molar-refractivity contribution in [3.05, 3.63) is 312 Å². The lowest BCUT2D eigenvalue weighted by Gasteiger charge is -2.46. The van der Waals surface area contributed by atoms with Crippen molar-refractivity contribution in [2.75, 3.05) is 9.80 Å². The maximum atomic E-state index is 9.53. The van der Waals surface area contributed by atoms with E-state index in [0.717, 1.165) is 134 Å². The van der Waals surface area contributed by atoms with Crippen molar-refractivity contribution >= 4 is 99.7 Å². The Kier molecular flexibility index (Phi) is 12.4. The summed E-state index contributed by atoms with van der Waals surface area (Å²) in [5, 5.41) is 6.66. The fourth-order valence-corrected chi connectivity index (χ4v) is 16.0. The van der Waals surface area contributed by atoms with Crippen molar-refractivity contribution in [2.45, 2.75) is 111 Å². The Morgan fingerprint density at radius 3 is 1.33 bits per heavy atom. The topological polar surface area (TPSA) is 29.5 Å². The Labute approximate surface area is 593 Å². The van der Waals surface area contributed by atoms with Crippen LogP contribution < -0.4 is 9.80 Å². The molecule has 1 unspecified atom stereocenters. The molecule has 13 aromatic carbocycles. The second-order valence-electron chi connectivity index (χ2n) is 31.8. The highest BCUT2D eigenvalue weighted by Crippen LogP contribution is 2.63. The standard InChI is InChI=1S/C95H82N4O/c1-92(2,3)64-41-47-81-75(52-64)70-32-22-23-35-78(70)98(81)82-36-24-33-71-72-34-25-37-83(91(72)100-90(71)82)99-84-51-61(58-26-16-13-17-27-58)38-43-73(84)88-74-44-42-68(96-79-45-39-65(93(4,5)6)53-76(79)77-54-66(94(7,8)9)40-46-80(77)96)57-85(74)97(86-55-67(95(10,11)12)56-87(99)89(86)88)69-49-62(59-28-18-14-19-29-59)48-63(50-69)60-30-20-15-21-31-60/h13-57,88H,1-12H3/i13D,16D,17D,26D,27D. The Morgan fingerprint density at radius 2 is 0.760 bits per heavy atom. The van der Waals surface area contributed by atoms with E-state index in [1.54, 1.807) is 0 Å². The predicted molar refractivity (Wildman–Crippen MR) is 424 cm³/mol. The van der Waals surface area contributed by atoms with Crippen molar-refractivity contribution in [2.24, 2.45) is 0 Å². The van der Waals surface area contributed by atoms with Crippen LogP contribution in [0, 0.1) is 0 Å². The molecule has 1 atom stereocenters. The summed E-state index contributed by atoms with van der Waals surface area (Å²) in [6.07, 6.45) is 0. The van der Waals surface area contributed by atoms with Gasteiger partial charge in [0, 0.05) is 55.2 Å². The minimum Gasteiger partial charge on any atom is -0.452 e. The highest BCUT2D eigenvalue weighted by Gasteiger charge is 2.43. The number of benzene rings is 13. The first-order valence-electron chi connectivity index (χ1n) is 37.7. The summed E-state index contributed by atoms with van der Waals surface area (Å²) in [6.45, 7) is 27.4. The molecule has 2 aliphatic rings. The summed E-state index contributed by atoms with van der Waals surface area (Å²) in [5.41, 5.74) is 25.7. The Balaban J connectivity index is 0.955. The first kappa shape index (κ1) is 55.8. The van der Waals surface area contributed by atoms with Crippen LogP contribution in [0.4, 0.5) is 34.1 Å². The van der Waals surface area contributed by atoms with Gasteiger partial charge in [-0.15, -0.1) is 0 Å². The third-order valence-corrected chi connectivity index (χ3v) is 21.4. The van der Waals surface area contributed by atoms with E-state index in [1.807, 2.05) is 6.07 Å². The zero-order chi connectivity index (χ0) is 72.8. The Hall–Kier alpha value is -11.1. The molecule has 0 N–H and O–H groups in total. The number of anilines is 6. The van der Waals surface area contributed by atoms with Gasteiger partial charge >= 0.3 is 0 Å². The second kappa shape index (κ2) is 22.2. The molecule has 0 amide bonds. The molecule has 5 nitrogen and oxygen atoms in total. The van der Waals surface area contributed by atoms with Crippen LogP contribution in [0.3, 0.4) is 0 Å². The van der Waals surface area contributed by atoms with Crippen molar-refractivity contribution < 1.29 is 11.3 Å². The second-order valence-corrected chi connectivity index (χ2v) is 31.8. The molecule has 16 aromatic rings. The number of furan rings is 1. The van der Waals surface area contributed by atoms with Crippen molar-refractivity contribution in [3.8, 4) is 44.8 Å². The normalized spacial score (nSPS) is 14.8. The summed E-state index contributed by atoms with van der Waals surface area (Å²) in [4.78, 5) is 4.90. The van der Waals surface area contributed by atoms with E-state index in [1.165, 1.54) is 32.8 Å². The van der Waals surface area contributed by atoms with Gasteiger partial charge in [-0.1, -0.05) is 253 Å². The van der Waals surface area contributed by atoms with Crippen LogP contribution in [-0.4, -0.2) is 9.13 Å². The van der Waals surface area contributed by atoms with E-state index < -0.39 is 17.4 Å². The van der Waals surface area contributed by atoms with Crippen LogP contribution in [-0.2, 0) is 21.7 Å². The molecule has 3 aromatic heterocycles. The van der Waals surface area contributed by atoms with E-state index in [9.17, 15) is 2.74 Å². The largest absolute Gasteiger partial charge is 0.452 e. The zero-order valence-electron chi connectivity index (χ0n) is 63.9. The monoisotopic (exact) mass is 1300 g/mol. The van der Waals surface area contributed by atoms with Crippen LogP contribution >= 0.6 is 0 Å². The number of para-hydroxylation sites is 3. The first-order valence-corrected chi connectivity index (χ1v) is 35.2. The summed E-state index contributed by atoms with van der Waals surface area (Å²) in [6, 6.07) is 87.4. The third-order valence-electron chi connectivity index (χ3n) is 21.4. The minimum absolute atomic E-state index is 0.0614. The summed E-state index contributed by atoms with van der Waals surface area (Å²) in [5.74, 6) is -0.395. The van der Waals surface area contributed by atoms with Crippen molar-refractivity contribution in [3.63, 3.8) is 0 Å². The lowest BCUT2D eigenvalue weighted by Crippen LogP contribution is -2.30. The van der Waals surface area contributed by atoms with E-state index in [4.69, 9.17) is 8.53 Å². The number of hydrogen-bond acceptors (Lipinski definition) is 3. The minimum atomic E-state index is -0.436. The fraction of sp³-hybridized carbons (Fsp3) is 0.179. The first-order chi connectivity index (χ1) is 50.2. The summed E-state index contributed by atoms with van der Waals surface area (Å²) < 4.78 is 58.4. The molecule has 18 rings (SSSR count). The average Bonchev–Trinajstić information content (AvgIpc) is 1.05. The average molecular weight is 1300 g/mol. The lowest BCUT2D eigenvalue weighted by atomic mass is 9.73. The van der Waals surface area contributed by atoms with Gasteiger partial charge in [0.25, 0.3) is 0 Å². The van der Waals surface area contributed by atoms with Crippen LogP contribution in [0.1, 0.15) is 135 Å². The Bertz CT molecular complexity index is 6190. The van der Waals surface area contributed by atoms with E-state index >= 15 is 0 Å². The highest BCUT2D eigenvalue weighted by atomic mass is 16.3. The molecule has 5 heterocycles. The lowest BCUT2D eigenvalue weighted by molar-refractivity contribution is 0.589. The molecule has 0 bridgehead atoms. The number of fused-ring (bicyclic) bond motifs is 13. The summed E-state index contributed by atoms with van der Waals surface area (Å²) >= 11 is 0. The van der Waals surface area contributed by atoms with Gasteiger partial charge in [0.15, 0.2) is 11.2 Å². The molecular weight excluding hydrogens is 1210 g/mol. The Morgan fingerprint density at radius 1 is 0.290 bits per heavy atom. The van der Waals surface area contributed by atoms with Crippen LogP contribution in [0.25, 0.3) is 110 Å². The molecule has 100 heavy (non-hydrogen) atoms. The molecule has 0 radical (unpaired) electrons. The smallest absolute Gasteiger partial charge is 0.159 e. The van der Waals surface area contributed by atoms with Gasteiger partial charge in [0.05, 0.1) is 63.0 Å². The van der Waals surface area contributed by atoms with Crippen molar-refractivity contribution in [1.82, 2.24) is 9.13 Å². The molecule has 0 saturated heterocycles. The van der Waals surface area contributed by atoms with Gasteiger partial charge < -0.3 is 23.4 Å². The highest BCUT2D eigenvalue weighted by molar-refractivity contribution is 6.16. The quantitative estimate of drug-likeness (QED) is 0.159. The SMILES string of the molecule is [2H]c1c([2H])c([2H])c(-c2ccc3c(c2)N(c2cccc4c2oc2c(-n5c6ccccc6c6cc(C(C)(C)C)ccc65)cccc24)c2cc(C(C)(C)C)cc4c2C3c2ccc(-n3c5ccc(C(C)(C)C)cc5c5cc(C(C)(C)C)ccc53)cc2N4c2cc(-c3ccccc3)cc(-c3ccccc3)c2)c([2H])c1[2H]. The van der Waals surface area contributed by atoms with Gasteiger partial charge in [-0.05, 0) is 192 Å². The zero-order valence-corrected chi connectivity index (χ0v) is 58.9. The predicted octanol–water partition coefficient (Wildman–Crippen LogP) is 26.7. The molecule has 2 aliphatic heterocycles. The maximum absolute atomic E-state index is 9.53. The number of nitrogens with zero attached hydrogens (tertiary/aromatic N) is 4. The molecule has 0 fully saturated rings. The van der Waals surface area contributed by atoms with Gasteiger partial charge in [-0.25, -0.2) is 0 Å². The van der Waals surface area contributed by atoms with Gasteiger partial charge in [-0.2, -0.15) is 0 Å². The van der Waals surface area contributed by atoms with Crippen LogP contribution in [0.5, 0.6) is 0 Å². The molecule has 0 aliphatic carbocycles. The molecule has 5 heteroatoms. The van der Waals surface area contributed by atoms with Crippen LogP contribution in [0.15, 0.2) is 277 Å². The number of rotatable bonds is 7. The number of hydrogen-bond donors (Lipinski definition) is 0. The van der Waals surface area contributed by atoms with Crippen molar-refractivity contribution in [1.29, 1.82) is 0 Å². The molecule has 0 spiro atoms. The van der Waals surface area contributed by atoms with Crippen LogP contribution in [0.2, 0.25) is 0 Å². The van der Waals surface area contributed by atoms with Gasteiger partial charge in [0.1, 0.15) is 0 Å². The van der Waals surface area contributed by atoms with E-state index in [-0.39, 0.29) is 46.0 Å². The summed E-state index contributed by atoms with van der Waals surface area (Å²) in [7, 11) is 0. The van der Waals surface area contributed by atoms with Gasteiger partial charge in [0.2, 0.25) is 0 Å². The molecular formula is C95H82N4O. The van der Waals surface area contributed by atoms with Gasteiger partial charge in [-0.3, -0.25) is 0 Å². The van der Waals surface area contributed by atoms with E-state index in [2.05, 4.69) is 339 Å². The van der Waals surface area contributed by atoms with E-state index in [0.29, 0.717) is 11.1 Å². The molecule has 488 valence electrons. The molecule has 0 saturated carbocycles. The number of aromatic nitrogens is 2. The maximum Gasteiger partial charge on any atom is 0.159 e. The fourth-order valence-electron chi connectivity index (χ4n) is 16.0.